The molecule has 0 radical (unpaired) electrons. The topological polar surface area (TPSA) is 47.9 Å². The van der Waals surface area contributed by atoms with Crippen molar-refractivity contribution < 1.29 is 19.3 Å². The number of hydrogen-bond donors (Lipinski definition) is 1. The van der Waals surface area contributed by atoms with Crippen molar-refractivity contribution in [1.82, 2.24) is 0 Å². The fraction of sp³-hybridized carbons (Fsp3) is 0.471. The van der Waals surface area contributed by atoms with Gasteiger partial charge < -0.3 is 19.3 Å². The number of phenols is 1. The number of ether oxygens (including phenoxy) is 3. The van der Waals surface area contributed by atoms with Crippen molar-refractivity contribution in [2.45, 2.75) is 73.5 Å². The molecule has 0 amide bonds. The van der Waals surface area contributed by atoms with Gasteiger partial charge in [0.2, 0.25) is 5.79 Å². The average Bonchev–Trinajstić information content (AvgIpc) is 2.86. The maximum Gasteiger partial charge on any atom is 0.204 e. The Kier molecular flexibility index (Phi) is 8.88. The molecule has 3 aromatic rings. The third-order valence-electron chi connectivity index (χ3n) is 8.71. The van der Waals surface area contributed by atoms with E-state index < -0.39 is 5.79 Å². The van der Waals surface area contributed by atoms with E-state index in [0.29, 0.717) is 5.75 Å². The molecule has 4 heteroatoms. The van der Waals surface area contributed by atoms with Gasteiger partial charge in [-0.1, -0.05) is 71.0 Å². The molecule has 0 spiro atoms. The van der Waals surface area contributed by atoms with Gasteiger partial charge in [0, 0.05) is 21.0 Å². The number of rotatable bonds is 12. The maximum atomic E-state index is 9.82. The predicted molar refractivity (Wildman–Crippen MR) is 156 cm³/mol. The standard InChI is InChI=1S/C34H46O4/c1-31(2,22-25-10-16-28(35)17-11-25)34(7,24-27-12-18-29(36-8)19-13-27)32(3,4)23-26-14-20-30(21-15-26)38-33(5,6)37-9/h10-21,35H,22-24H2,1-9H3. The van der Waals surface area contributed by atoms with Crippen molar-refractivity contribution in [3.8, 4) is 17.2 Å². The molecule has 0 aromatic heterocycles. The molecule has 3 aromatic carbocycles. The average molecular weight is 519 g/mol. The zero-order chi connectivity index (χ0) is 28.2. The maximum absolute atomic E-state index is 9.82. The second-order valence-corrected chi connectivity index (χ2v) is 12.5. The number of aromatic hydroxyl groups is 1. The highest BCUT2D eigenvalue weighted by Crippen LogP contribution is 2.56. The van der Waals surface area contributed by atoms with Crippen LogP contribution in [0.5, 0.6) is 17.2 Å². The van der Waals surface area contributed by atoms with Crippen LogP contribution in [-0.2, 0) is 24.0 Å². The van der Waals surface area contributed by atoms with Crippen molar-refractivity contribution in [2.75, 3.05) is 14.2 Å². The van der Waals surface area contributed by atoms with Crippen LogP contribution in [0.2, 0.25) is 0 Å². The van der Waals surface area contributed by atoms with Gasteiger partial charge in [-0.2, -0.15) is 0 Å². The molecule has 0 saturated heterocycles. The lowest BCUT2D eigenvalue weighted by Gasteiger charge is -2.55. The molecule has 1 unspecified atom stereocenters. The van der Waals surface area contributed by atoms with Gasteiger partial charge in [0.15, 0.2) is 0 Å². The molecule has 3 rings (SSSR count). The normalized spacial score (nSPS) is 14.1. The van der Waals surface area contributed by atoms with E-state index in [4.69, 9.17) is 14.2 Å². The van der Waals surface area contributed by atoms with Crippen molar-refractivity contribution in [2.24, 2.45) is 16.2 Å². The summed E-state index contributed by atoms with van der Waals surface area (Å²) < 4.78 is 16.8. The zero-order valence-corrected chi connectivity index (χ0v) is 24.7. The lowest BCUT2D eigenvalue weighted by Crippen LogP contribution is -2.50. The molecule has 0 fully saturated rings. The minimum absolute atomic E-state index is 0.0540. The van der Waals surface area contributed by atoms with Crippen molar-refractivity contribution >= 4 is 0 Å². The van der Waals surface area contributed by atoms with Gasteiger partial charge in [-0.25, -0.2) is 0 Å². The van der Waals surface area contributed by atoms with Crippen LogP contribution in [0.15, 0.2) is 72.8 Å². The molecule has 0 saturated carbocycles. The van der Waals surface area contributed by atoms with Gasteiger partial charge >= 0.3 is 0 Å². The fourth-order valence-electron chi connectivity index (χ4n) is 5.57. The summed E-state index contributed by atoms with van der Waals surface area (Å²) in [5, 5.41) is 9.82. The first-order valence-corrected chi connectivity index (χ1v) is 13.4. The lowest BCUT2D eigenvalue weighted by molar-refractivity contribution is -0.134. The summed E-state index contributed by atoms with van der Waals surface area (Å²) in [7, 11) is 3.36. The third-order valence-corrected chi connectivity index (χ3v) is 8.71. The third kappa shape index (κ3) is 6.91. The van der Waals surface area contributed by atoms with E-state index in [-0.39, 0.29) is 16.2 Å². The zero-order valence-electron chi connectivity index (χ0n) is 24.7. The van der Waals surface area contributed by atoms with E-state index in [1.54, 1.807) is 26.4 Å². The lowest BCUT2D eigenvalue weighted by atomic mass is 9.49. The highest BCUT2D eigenvalue weighted by Gasteiger charge is 2.51. The SMILES string of the molecule is COc1ccc(CC(C)(C(C)(C)Cc2ccc(O)cc2)C(C)(C)Cc2ccc(OC(C)(C)OC)cc2)cc1. The molecule has 0 aliphatic rings. The molecule has 0 aliphatic heterocycles. The largest absolute Gasteiger partial charge is 0.508 e. The molecule has 206 valence electrons. The first-order chi connectivity index (χ1) is 17.7. The Labute approximate surface area is 230 Å². The van der Waals surface area contributed by atoms with Crippen molar-refractivity contribution in [1.29, 1.82) is 0 Å². The highest BCUT2D eigenvalue weighted by atomic mass is 16.7. The summed E-state index contributed by atoms with van der Waals surface area (Å²) >= 11 is 0. The van der Waals surface area contributed by atoms with Gasteiger partial charge in [0.1, 0.15) is 17.2 Å². The van der Waals surface area contributed by atoms with Crippen LogP contribution in [-0.4, -0.2) is 25.1 Å². The molecular formula is C34H46O4. The minimum Gasteiger partial charge on any atom is -0.508 e. The second kappa shape index (κ2) is 11.4. The molecule has 1 atom stereocenters. The first kappa shape index (κ1) is 29.6. The number of phenolic OH excluding ortho intramolecular Hbond substituents is 1. The quantitative estimate of drug-likeness (QED) is 0.245. The summed E-state index contributed by atoms with van der Waals surface area (Å²) in [6.45, 7) is 15.8. The van der Waals surface area contributed by atoms with E-state index in [1.807, 2.05) is 38.1 Å². The summed E-state index contributed by atoms with van der Waals surface area (Å²) in [6.07, 6.45) is 2.76. The van der Waals surface area contributed by atoms with Crippen LogP contribution < -0.4 is 9.47 Å². The van der Waals surface area contributed by atoms with E-state index in [9.17, 15) is 5.11 Å². The number of hydrogen-bond acceptors (Lipinski definition) is 4. The summed E-state index contributed by atoms with van der Waals surface area (Å²) in [5.74, 6) is 1.30. The van der Waals surface area contributed by atoms with Crippen molar-refractivity contribution in [3.05, 3.63) is 89.5 Å². The van der Waals surface area contributed by atoms with E-state index in [1.165, 1.54) is 16.7 Å². The van der Waals surface area contributed by atoms with Crippen LogP contribution in [0, 0.1) is 16.2 Å². The minimum atomic E-state index is -0.671. The van der Waals surface area contributed by atoms with Crippen molar-refractivity contribution in [3.63, 3.8) is 0 Å². The molecule has 0 aliphatic carbocycles. The van der Waals surface area contributed by atoms with Crippen LogP contribution in [0.3, 0.4) is 0 Å². The molecular weight excluding hydrogens is 472 g/mol. The van der Waals surface area contributed by atoms with Gasteiger partial charge in [0.05, 0.1) is 7.11 Å². The Morgan fingerprint density at radius 2 is 0.947 bits per heavy atom. The Morgan fingerprint density at radius 1 is 0.553 bits per heavy atom. The van der Waals surface area contributed by atoms with Gasteiger partial charge in [-0.15, -0.1) is 0 Å². The molecule has 0 heterocycles. The summed E-state index contributed by atoms with van der Waals surface area (Å²) in [6, 6.07) is 24.5. The second-order valence-electron chi connectivity index (χ2n) is 12.5. The highest BCUT2D eigenvalue weighted by molar-refractivity contribution is 5.32. The van der Waals surface area contributed by atoms with E-state index in [0.717, 1.165) is 30.8 Å². The number of methoxy groups -OCH3 is 2. The Morgan fingerprint density at radius 3 is 1.37 bits per heavy atom. The smallest absolute Gasteiger partial charge is 0.204 e. The molecule has 1 N–H and O–H groups in total. The molecule has 38 heavy (non-hydrogen) atoms. The van der Waals surface area contributed by atoms with Crippen LogP contribution >= 0.6 is 0 Å². The summed E-state index contributed by atoms with van der Waals surface area (Å²) in [4.78, 5) is 0. The Balaban J connectivity index is 1.95. The fourth-order valence-corrected chi connectivity index (χ4v) is 5.57. The monoisotopic (exact) mass is 518 g/mol. The van der Waals surface area contributed by atoms with Crippen LogP contribution in [0.4, 0.5) is 0 Å². The van der Waals surface area contributed by atoms with Crippen LogP contribution in [0.1, 0.15) is 65.2 Å². The van der Waals surface area contributed by atoms with Crippen LogP contribution in [0.25, 0.3) is 0 Å². The Hall–Kier alpha value is -2.98. The van der Waals surface area contributed by atoms with Gasteiger partial charge in [-0.3, -0.25) is 0 Å². The predicted octanol–water partition coefficient (Wildman–Crippen LogP) is 8.25. The summed E-state index contributed by atoms with van der Waals surface area (Å²) in [5.41, 5.74) is 3.61. The number of benzene rings is 3. The molecule has 0 bridgehead atoms. The van der Waals surface area contributed by atoms with E-state index >= 15 is 0 Å². The Bertz CT molecular complexity index is 1160. The van der Waals surface area contributed by atoms with Gasteiger partial charge in [-0.05, 0) is 88.6 Å². The first-order valence-electron chi connectivity index (χ1n) is 13.4. The van der Waals surface area contributed by atoms with Gasteiger partial charge in [0.25, 0.3) is 0 Å². The van der Waals surface area contributed by atoms with E-state index in [2.05, 4.69) is 71.0 Å². The molecule has 4 nitrogen and oxygen atoms in total.